The van der Waals surface area contributed by atoms with Crippen LogP contribution in [0.2, 0.25) is 0 Å². The molecule has 144 valence electrons. The topological polar surface area (TPSA) is 79.2 Å². The minimum atomic E-state index is -0.590. The summed E-state index contributed by atoms with van der Waals surface area (Å²) in [6.07, 6.45) is 0. The van der Waals surface area contributed by atoms with Gasteiger partial charge in [-0.2, -0.15) is 5.26 Å². The summed E-state index contributed by atoms with van der Waals surface area (Å²) in [4.78, 5) is 25.8. The number of rotatable bonds is 7. The second-order valence-corrected chi connectivity index (χ2v) is 7.25. The van der Waals surface area contributed by atoms with E-state index in [9.17, 15) is 9.59 Å². The molecule has 1 amide bonds. The summed E-state index contributed by atoms with van der Waals surface area (Å²) in [6, 6.07) is 27.4. The third-order valence-corrected chi connectivity index (χ3v) is 5.18. The molecule has 3 aromatic carbocycles. The van der Waals surface area contributed by atoms with Crippen molar-refractivity contribution >= 4 is 29.3 Å². The zero-order valence-electron chi connectivity index (χ0n) is 15.4. The molecule has 6 heteroatoms. The Morgan fingerprint density at radius 3 is 2.34 bits per heavy atom. The highest BCUT2D eigenvalue weighted by molar-refractivity contribution is 8.00. The number of hydrogen-bond acceptors (Lipinski definition) is 5. The van der Waals surface area contributed by atoms with Gasteiger partial charge in [0.15, 0.2) is 6.61 Å². The number of carbonyl (C=O) groups excluding carboxylic acids is 2. The third kappa shape index (κ3) is 5.96. The summed E-state index contributed by atoms with van der Waals surface area (Å²) in [6.45, 7) is -0.408. The summed E-state index contributed by atoms with van der Waals surface area (Å²) in [7, 11) is 0. The zero-order chi connectivity index (χ0) is 20.5. The molecule has 29 heavy (non-hydrogen) atoms. The molecule has 3 aromatic rings. The van der Waals surface area contributed by atoms with Crippen molar-refractivity contribution in [2.45, 2.75) is 10.1 Å². The lowest BCUT2D eigenvalue weighted by molar-refractivity contribution is -0.146. The monoisotopic (exact) mass is 402 g/mol. The van der Waals surface area contributed by atoms with Gasteiger partial charge in [-0.15, -0.1) is 11.8 Å². The van der Waals surface area contributed by atoms with Crippen LogP contribution in [0.5, 0.6) is 0 Å². The summed E-state index contributed by atoms with van der Waals surface area (Å²) >= 11 is 1.37. The maximum Gasteiger partial charge on any atom is 0.324 e. The molecule has 0 saturated carbocycles. The molecule has 0 saturated heterocycles. The SMILES string of the molecule is N#Cc1cccc(NC(=O)COC(=O)[C@H](Sc2ccccc2)c2ccccc2)c1. The molecule has 3 rings (SSSR count). The van der Waals surface area contributed by atoms with E-state index in [1.54, 1.807) is 24.3 Å². The minimum Gasteiger partial charge on any atom is -0.454 e. The van der Waals surface area contributed by atoms with Gasteiger partial charge in [-0.25, -0.2) is 0 Å². The molecule has 0 aromatic heterocycles. The van der Waals surface area contributed by atoms with Gasteiger partial charge >= 0.3 is 5.97 Å². The van der Waals surface area contributed by atoms with Crippen molar-refractivity contribution < 1.29 is 14.3 Å². The largest absolute Gasteiger partial charge is 0.454 e. The Morgan fingerprint density at radius 2 is 1.66 bits per heavy atom. The third-order valence-electron chi connectivity index (χ3n) is 3.93. The van der Waals surface area contributed by atoms with E-state index in [1.807, 2.05) is 66.7 Å². The normalized spacial score (nSPS) is 11.1. The van der Waals surface area contributed by atoms with E-state index in [4.69, 9.17) is 10.00 Å². The van der Waals surface area contributed by atoms with Crippen LogP contribution in [-0.4, -0.2) is 18.5 Å². The second kappa shape index (κ2) is 10.1. The minimum absolute atomic E-state index is 0.408. The first-order valence-electron chi connectivity index (χ1n) is 8.89. The number of benzene rings is 3. The van der Waals surface area contributed by atoms with Crippen LogP contribution in [0.15, 0.2) is 89.8 Å². The van der Waals surface area contributed by atoms with E-state index < -0.39 is 23.7 Å². The van der Waals surface area contributed by atoms with E-state index in [0.717, 1.165) is 10.5 Å². The first-order valence-corrected chi connectivity index (χ1v) is 9.77. The molecule has 5 nitrogen and oxygen atoms in total. The van der Waals surface area contributed by atoms with Crippen molar-refractivity contribution in [3.05, 3.63) is 96.1 Å². The Morgan fingerprint density at radius 1 is 0.966 bits per heavy atom. The summed E-state index contributed by atoms with van der Waals surface area (Å²) in [5, 5.41) is 11.0. The number of nitrogens with one attached hydrogen (secondary N) is 1. The molecule has 0 unspecified atom stereocenters. The number of thioether (sulfide) groups is 1. The number of carbonyl (C=O) groups is 2. The van der Waals surface area contributed by atoms with Crippen molar-refractivity contribution in [3.8, 4) is 6.07 Å². The fourth-order valence-electron chi connectivity index (χ4n) is 2.59. The van der Waals surface area contributed by atoms with Gasteiger partial charge in [0.1, 0.15) is 5.25 Å². The van der Waals surface area contributed by atoms with Crippen LogP contribution in [0.3, 0.4) is 0 Å². The smallest absolute Gasteiger partial charge is 0.324 e. The second-order valence-electron chi connectivity index (χ2n) is 6.07. The number of nitriles is 1. The predicted octanol–water partition coefficient (Wildman–Crippen LogP) is 4.57. The number of anilines is 1. The molecule has 0 spiro atoms. The van der Waals surface area contributed by atoms with Gasteiger partial charge in [-0.05, 0) is 35.9 Å². The maximum atomic E-state index is 12.7. The van der Waals surface area contributed by atoms with Gasteiger partial charge in [0.05, 0.1) is 11.6 Å². The Kier molecular flexibility index (Phi) is 7.04. The van der Waals surface area contributed by atoms with Crippen LogP contribution in [0, 0.1) is 11.3 Å². The van der Waals surface area contributed by atoms with E-state index in [2.05, 4.69) is 5.32 Å². The van der Waals surface area contributed by atoms with Crippen LogP contribution in [0.1, 0.15) is 16.4 Å². The predicted molar refractivity (Wildman–Crippen MR) is 112 cm³/mol. The Balaban J connectivity index is 1.65. The highest BCUT2D eigenvalue weighted by atomic mass is 32.2. The molecular formula is C23H18N2O3S. The lowest BCUT2D eigenvalue weighted by Gasteiger charge is -2.16. The first kappa shape index (κ1) is 20.2. The van der Waals surface area contributed by atoms with Crippen molar-refractivity contribution in [1.29, 1.82) is 5.26 Å². The molecule has 1 atom stereocenters. The van der Waals surface area contributed by atoms with E-state index in [1.165, 1.54) is 11.8 Å². The van der Waals surface area contributed by atoms with Crippen LogP contribution in [-0.2, 0) is 14.3 Å². The van der Waals surface area contributed by atoms with Gasteiger partial charge in [-0.3, -0.25) is 9.59 Å². The Bertz CT molecular complexity index is 1020. The van der Waals surface area contributed by atoms with Crippen LogP contribution in [0.4, 0.5) is 5.69 Å². The lowest BCUT2D eigenvalue weighted by atomic mass is 10.1. The van der Waals surface area contributed by atoms with E-state index >= 15 is 0 Å². The number of hydrogen-bond donors (Lipinski definition) is 1. The first-order chi connectivity index (χ1) is 14.2. The molecule has 0 aliphatic rings. The molecule has 0 aliphatic heterocycles. The van der Waals surface area contributed by atoms with Crippen molar-refractivity contribution in [3.63, 3.8) is 0 Å². The molecule has 0 aliphatic carbocycles. The van der Waals surface area contributed by atoms with Gasteiger partial charge < -0.3 is 10.1 Å². The standard InChI is InChI=1S/C23H18N2O3S/c24-15-17-8-7-11-19(14-17)25-21(26)16-28-23(27)22(18-9-3-1-4-10-18)29-20-12-5-2-6-13-20/h1-14,22H,16H2,(H,25,26)/t22-/m1/s1. The molecule has 0 bridgehead atoms. The highest BCUT2D eigenvalue weighted by Crippen LogP contribution is 2.36. The van der Waals surface area contributed by atoms with E-state index in [-0.39, 0.29) is 0 Å². The van der Waals surface area contributed by atoms with Crippen molar-refractivity contribution in [2.24, 2.45) is 0 Å². The zero-order valence-corrected chi connectivity index (χ0v) is 16.3. The number of amides is 1. The van der Waals surface area contributed by atoms with Gasteiger partial charge in [-0.1, -0.05) is 54.6 Å². The fraction of sp³-hybridized carbons (Fsp3) is 0.0870. The van der Waals surface area contributed by atoms with Crippen LogP contribution >= 0.6 is 11.8 Å². The van der Waals surface area contributed by atoms with Crippen LogP contribution in [0.25, 0.3) is 0 Å². The van der Waals surface area contributed by atoms with Gasteiger partial charge in [0, 0.05) is 10.6 Å². The lowest BCUT2D eigenvalue weighted by Crippen LogP contribution is -2.23. The average molecular weight is 402 g/mol. The summed E-state index contributed by atoms with van der Waals surface area (Å²) < 4.78 is 5.28. The fourth-order valence-corrected chi connectivity index (χ4v) is 3.64. The molecule has 0 fully saturated rings. The quantitative estimate of drug-likeness (QED) is 0.462. The average Bonchev–Trinajstić information content (AvgIpc) is 2.77. The molecule has 1 N–H and O–H groups in total. The molecule has 0 radical (unpaired) electrons. The van der Waals surface area contributed by atoms with Crippen molar-refractivity contribution in [1.82, 2.24) is 0 Å². The summed E-state index contributed by atoms with van der Waals surface area (Å²) in [5.41, 5.74) is 1.71. The number of esters is 1. The van der Waals surface area contributed by atoms with Crippen LogP contribution < -0.4 is 5.32 Å². The van der Waals surface area contributed by atoms with Gasteiger partial charge in [0.2, 0.25) is 0 Å². The summed E-state index contributed by atoms with van der Waals surface area (Å²) in [5.74, 6) is -0.962. The maximum absolute atomic E-state index is 12.7. The van der Waals surface area contributed by atoms with Crippen molar-refractivity contribution in [2.75, 3.05) is 11.9 Å². The molecule has 0 heterocycles. The number of ether oxygens (including phenoxy) is 1. The highest BCUT2D eigenvalue weighted by Gasteiger charge is 2.24. The molecular weight excluding hydrogens is 384 g/mol. The Hall–Kier alpha value is -3.56. The van der Waals surface area contributed by atoms with Gasteiger partial charge in [0.25, 0.3) is 5.91 Å². The van der Waals surface area contributed by atoms with E-state index in [0.29, 0.717) is 11.3 Å². The number of nitrogens with zero attached hydrogens (tertiary/aromatic N) is 1. The Labute approximate surface area is 173 Å².